The Morgan fingerprint density at radius 2 is 1.95 bits per heavy atom. The molecule has 0 spiro atoms. The first-order chi connectivity index (χ1) is 9.36. The normalized spacial score (nSPS) is 34.2. The van der Waals surface area contributed by atoms with E-state index in [-0.39, 0.29) is 17.5 Å². The second-order valence-electron chi connectivity index (χ2n) is 6.82. The molecule has 0 amide bonds. The molecular formula is C15H23N3O2. The number of fused-ring (bicyclic) bond motifs is 2. The van der Waals surface area contributed by atoms with Crippen LogP contribution in [0.4, 0.5) is 5.95 Å². The molecule has 1 aromatic rings. The summed E-state index contributed by atoms with van der Waals surface area (Å²) in [7, 11) is 1.56. The molecule has 3 atom stereocenters. The highest BCUT2D eigenvalue weighted by Crippen LogP contribution is 2.66. The summed E-state index contributed by atoms with van der Waals surface area (Å²) in [6, 6.07) is 1.71. The Morgan fingerprint density at radius 1 is 1.25 bits per heavy atom. The van der Waals surface area contributed by atoms with E-state index in [4.69, 9.17) is 15.2 Å². The summed E-state index contributed by atoms with van der Waals surface area (Å²) >= 11 is 0. The Bertz CT molecular complexity index is 532. The van der Waals surface area contributed by atoms with Gasteiger partial charge in [0, 0.05) is 5.41 Å². The van der Waals surface area contributed by atoms with Crippen molar-refractivity contribution >= 4 is 5.95 Å². The third-order valence-corrected chi connectivity index (χ3v) is 5.88. The van der Waals surface area contributed by atoms with Crippen LogP contribution in [0, 0.1) is 16.7 Å². The summed E-state index contributed by atoms with van der Waals surface area (Å²) < 4.78 is 11.3. The topological polar surface area (TPSA) is 70.3 Å². The third kappa shape index (κ3) is 1.75. The van der Waals surface area contributed by atoms with Gasteiger partial charge in [0.05, 0.1) is 13.2 Å². The van der Waals surface area contributed by atoms with Crippen molar-refractivity contribution in [1.82, 2.24) is 9.97 Å². The maximum atomic E-state index is 6.16. The minimum absolute atomic E-state index is 0.187. The molecule has 0 aromatic carbocycles. The fourth-order valence-corrected chi connectivity index (χ4v) is 4.04. The van der Waals surface area contributed by atoms with Crippen LogP contribution in [0.25, 0.3) is 0 Å². The number of hydrogen-bond donors (Lipinski definition) is 1. The van der Waals surface area contributed by atoms with Gasteiger partial charge in [-0.25, -0.2) is 0 Å². The van der Waals surface area contributed by atoms with Gasteiger partial charge >= 0.3 is 0 Å². The van der Waals surface area contributed by atoms with Crippen molar-refractivity contribution in [3.8, 4) is 11.8 Å². The Kier molecular flexibility index (Phi) is 2.85. The van der Waals surface area contributed by atoms with Crippen molar-refractivity contribution in [2.24, 2.45) is 16.7 Å². The van der Waals surface area contributed by atoms with Crippen LogP contribution in [0.2, 0.25) is 0 Å². The van der Waals surface area contributed by atoms with Crippen LogP contribution in [-0.2, 0) is 0 Å². The standard InChI is InChI=1S/C15H23N3O2/c1-14(2)9-5-6-15(14,3)10(7-9)20-12-8-11(19-4)17-13(16)18-12/h8-10H,5-7H2,1-4H3,(H2,16,17,18). The third-order valence-electron chi connectivity index (χ3n) is 5.88. The van der Waals surface area contributed by atoms with Gasteiger partial charge in [0.2, 0.25) is 17.7 Å². The molecule has 1 heterocycles. The summed E-state index contributed by atoms with van der Waals surface area (Å²) in [5, 5.41) is 0. The van der Waals surface area contributed by atoms with Gasteiger partial charge in [0.25, 0.3) is 0 Å². The zero-order valence-corrected chi connectivity index (χ0v) is 12.6. The van der Waals surface area contributed by atoms with Gasteiger partial charge in [-0.15, -0.1) is 0 Å². The molecule has 20 heavy (non-hydrogen) atoms. The highest BCUT2D eigenvalue weighted by atomic mass is 16.5. The fourth-order valence-electron chi connectivity index (χ4n) is 4.04. The lowest BCUT2D eigenvalue weighted by atomic mass is 9.70. The van der Waals surface area contributed by atoms with Crippen LogP contribution in [-0.4, -0.2) is 23.2 Å². The summed E-state index contributed by atoms with van der Waals surface area (Å²) in [6.45, 7) is 7.07. The monoisotopic (exact) mass is 277 g/mol. The quantitative estimate of drug-likeness (QED) is 0.919. The number of anilines is 1. The number of rotatable bonds is 3. The molecule has 1 aromatic heterocycles. The van der Waals surface area contributed by atoms with Crippen LogP contribution < -0.4 is 15.2 Å². The van der Waals surface area contributed by atoms with Crippen LogP contribution >= 0.6 is 0 Å². The summed E-state index contributed by atoms with van der Waals surface area (Å²) in [5.74, 6) is 1.88. The minimum Gasteiger partial charge on any atom is -0.481 e. The van der Waals surface area contributed by atoms with Gasteiger partial charge in [-0.1, -0.05) is 20.8 Å². The largest absolute Gasteiger partial charge is 0.481 e. The van der Waals surface area contributed by atoms with Crippen LogP contribution in [0.3, 0.4) is 0 Å². The lowest BCUT2D eigenvalue weighted by Crippen LogP contribution is -2.39. The highest BCUT2D eigenvalue weighted by molar-refractivity contribution is 5.30. The van der Waals surface area contributed by atoms with Crippen molar-refractivity contribution in [1.29, 1.82) is 0 Å². The average Bonchev–Trinajstić information content (AvgIpc) is 2.71. The number of nitrogens with two attached hydrogens (primary N) is 1. The van der Waals surface area contributed by atoms with E-state index in [0.717, 1.165) is 12.3 Å². The minimum atomic E-state index is 0.187. The second-order valence-corrected chi connectivity index (χ2v) is 6.82. The molecule has 3 rings (SSSR count). The zero-order chi connectivity index (χ0) is 14.5. The summed E-state index contributed by atoms with van der Waals surface area (Å²) in [6.07, 6.45) is 3.80. The Morgan fingerprint density at radius 3 is 2.50 bits per heavy atom. The lowest BCUT2D eigenvalue weighted by molar-refractivity contribution is 0.0272. The van der Waals surface area contributed by atoms with Gasteiger partial charge in [-0.3, -0.25) is 0 Å². The highest BCUT2D eigenvalue weighted by Gasteiger charge is 2.62. The van der Waals surface area contributed by atoms with Crippen molar-refractivity contribution in [3.05, 3.63) is 6.07 Å². The lowest BCUT2D eigenvalue weighted by Gasteiger charge is -2.38. The molecule has 0 aliphatic heterocycles. The molecule has 2 aliphatic carbocycles. The van der Waals surface area contributed by atoms with Crippen molar-refractivity contribution in [2.45, 2.75) is 46.1 Å². The number of ether oxygens (including phenoxy) is 2. The van der Waals surface area contributed by atoms with Crippen molar-refractivity contribution in [2.75, 3.05) is 12.8 Å². The molecule has 2 aliphatic rings. The zero-order valence-electron chi connectivity index (χ0n) is 12.6. The molecule has 5 heteroatoms. The van der Waals surface area contributed by atoms with E-state index >= 15 is 0 Å². The molecule has 5 nitrogen and oxygen atoms in total. The first-order valence-electron chi connectivity index (χ1n) is 7.22. The molecule has 2 saturated carbocycles. The Hall–Kier alpha value is -1.52. The molecule has 0 radical (unpaired) electrons. The van der Waals surface area contributed by atoms with Gasteiger partial charge in [-0.05, 0) is 30.6 Å². The maximum Gasteiger partial charge on any atom is 0.226 e. The van der Waals surface area contributed by atoms with E-state index in [1.54, 1.807) is 13.2 Å². The molecule has 2 fully saturated rings. The molecule has 0 saturated heterocycles. The van der Waals surface area contributed by atoms with E-state index in [2.05, 4.69) is 30.7 Å². The second kappa shape index (κ2) is 4.24. The number of aromatic nitrogens is 2. The van der Waals surface area contributed by atoms with E-state index in [1.165, 1.54) is 12.8 Å². The molecule has 2 N–H and O–H groups in total. The van der Waals surface area contributed by atoms with Crippen molar-refractivity contribution < 1.29 is 9.47 Å². The van der Waals surface area contributed by atoms with E-state index in [0.29, 0.717) is 17.2 Å². The van der Waals surface area contributed by atoms with Crippen LogP contribution in [0.1, 0.15) is 40.0 Å². The van der Waals surface area contributed by atoms with Gasteiger partial charge in [0.1, 0.15) is 6.10 Å². The van der Waals surface area contributed by atoms with E-state index in [1.807, 2.05) is 0 Å². The SMILES string of the molecule is COc1cc(OC2CC3CCC2(C)C3(C)C)nc(N)n1. The number of hydrogen-bond acceptors (Lipinski definition) is 5. The molecule has 2 bridgehead atoms. The summed E-state index contributed by atoms with van der Waals surface area (Å²) in [5.41, 5.74) is 6.21. The predicted molar refractivity (Wildman–Crippen MR) is 76.6 cm³/mol. The van der Waals surface area contributed by atoms with Crippen LogP contribution in [0.5, 0.6) is 11.8 Å². The Labute approximate surface area is 119 Å². The molecule has 110 valence electrons. The van der Waals surface area contributed by atoms with Gasteiger partial charge < -0.3 is 15.2 Å². The molecular weight excluding hydrogens is 254 g/mol. The van der Waals surface area contributed by atoms with E-state index < -0.39 is 0 Å². The first-order valence-corrected chi connectivity index (χ1v) is 7.22. The summed E-state index contributed by atoms with van der Waals surface area (Å²) in [4.78, 5) is 8.16. The predicted octanol–water partition coefficient (Wildman–Crippen LogP) is 2.66. The van der Waals surface area contributed by atoms with E-state index in [9.17, 15) is 0 Å². The fraction of sp³-hybridized carbons (Fsp3) is 0.733. The maximum absolute atomic E-state index is 6.16. The van der Waals surface area contributed by atoms with Crippen molar-refractivity contribution in [3.63, 3.8) is 0 Å². The number of nitrogen functional groups attached to an aromatic ring is 1. The average molecular weight is 277 g/mol. The van der Waals surface area contributed by atoms with Gasteiger partial charge in [-0.2, -0.15) is 9.97 Å². The number of methoxy groups -OCH3 is 1. The number of nitrogens with zero attached hydrogens (tertiary/aromatic N) is 2. The first kappa shape index (κ1) is 13.5. The smallest absolute Gasteiger partial charge is 0.226 e. The molecule has 3 unspecified atom stereocenters. The Balaban J connectivity index is 1.85. The van der Waals surface area contributed by atoms with Crippen LogP contribution in [0.15, 0.2) is 6.07 Å². The van der Waals surface area contributed by atoms with Gasteiger partial charge in [0.15, 0.2) is 0 Å².